The summed E-state index contributed by atoms with van der Waals surface area (Å²) < 4.78 is 39.4. The maximum absolute atomic E-state index is 13.1. The highest BCUT2D eigenvalue weighted by Gasteiger charge is 2.17. The number of hydrogen-bond acceptors (Lipinski definition) is 5. The minimum absolute atomic E-state index is 0.182. The maximum Gasteiger partial charge on any atom is 0.263 e. The first-order chi connectivity index (χ1) is 8.92. The van der Waals surface area contributed by atoms with Crippen LogP contribution < -0.4 is 4.72 Å². The third kappa shape index (κ3) is 2.89. The number of benzene rings is 1. The highest BCUT2D eigenvalue weighted by molar-refractivity contribution is 7.93. The first kappa shape index (κ1) is 13.5. The van der Waals surface area contributed by atoms with Gasteiger partial charge in [-0.25, -0.2) is 17.8 Å². The molecule has 0 saturated carbocycles. The van der Waals surface area contributed by atoms with Crippen LogP contribution in [0.5, 0.6) is 0 Å². The van der Waals surface area contributed by atoms with Gasteiger partial charge in [-0.1, -0.05) is 0 Å². The van der Waals surface area contributed by atoms with Crippen LogP contribution in [0.3, 0.4) is 0 Å². The predicted molar refractivity (Wildman–Crippen MR) is 68.8 cm³/mol. The molecule has 0 aliphatic heterocycles. The lowest BCUT2D eigenvalue weighted by molar-refractivity contribution is 0.599. The number of sulfonamides is 1. The molecule has 1 N–H and O–H groups in total. The van der Waals surface area contributed by atoms with Gasteiger partial charge in [0.1, 0.15) is 11.9 Å². The largest absolute Gasteiger partial charge is 0.263 e. The van der Waals surface area contributed by atoms with Crippen LogP contribution in [0.25, 0.3) is 0 Å². The zero-order valence-corrected chi connectivity index (χ0v) is 11.3. The summed E-state index contributed by atoms with van der Waals surface area (Å²) in [5.41, 5.74) is 0.373. The number of nitrogens with zero attached hydrogens (tertiary/aromatic N) is 2. The molecule has 0 radical (unpaired) electrons. The van der Waals surface area contributed by atoms with Gasteiger partial charge in [-0.2, -0.15) is 5.26 Å². The number of rotatable bonds is 3. The molecule has 2 aromatic rings. The highest BCUT2D eigenvalue weighted by atomic mass is 32.2. The number of halogens is 1. The molecule has 0 fully saturated rings. The number of aromatic nitrogens is 1. The van der Waals surface area contributed by atoms with E-state index in [4.69, 9.17) is 5.26 Å². The Kier molecular flexibility index (Phi) is 3.50. The fraction of sp³-hybridized carbons (Fsp3) is 0.0909. The zero-order chi connectivity index (χ0) is 14.0. The molecule has 19 heavy (non-hydrogen) atoms. The van der Waals surface area contributed by atoms with Gasteiger partial charge >= 0.3 is 0 Å². The van der Waals surface area contributed by atoms with Gasteiger partial charge in [-0.15, -0.1) is 11.3 Å². The van der Waals surface area contributed by atoms with E-state index in [2.05, 4.69) is 9.71 Å². The number of anilines is 1. The summed E-state index contributed by atoms with van der Waals surface area (Å²) in [7, 11) is -3.87. The topological polar surface area (TPSA) is 82.9 Å². The normalized spacial score (nSPS) is 11.0. The van der Waals surface area contributed by atoms with E-state index in [1.54, 1.807) is 18.4 Å². The zero-order valence-electron chi connectivity index (χ0n) is 9.71. The molecule has 0 spiro atoms. The molecule has 5 nitrogen and oxygen atoms in total. The molecule has 98 valence electrons. The van der Waals surface area contributed by atoms with Crippen molar-refractivity contribution in [2.24, 2.45) is 0 Å². The van der Waals surface area contributed by atoms with Gasteiger partial charge in [-0.05, 0) is 25.1 Å². The second-order valence-electron chi connectivity index (χ2n) is 3.65. The predicted octanol–water partition coefficient (Wildman–Crippen LogP) is 2.26. The second kappa shape index (κ2) is 4.95. The average Bonchev–Trinajstić information content (AvgIpc) is 2.74. The van der Waals surface area contributed by atoms with E-state index < -0.39 is 15.8 Å². The minimum Gasteiger partial charge on any atom is -0.255 e. The van der Waals surface area contributed by atoms with Crippen molar-refractivity contribution in [3.05, 3.63) is 40.7 Å². The first-order valence-corrected chi connectivity index (χ1v) is 7.43. The van der Waals surface area contributed by atoms with Crippen LogP contribution >= 0.6 is 11.3 Å². The summed E-state index contributed by atoms with van der Waals surface area (Å²) in [6.45, 7) is 1.74. The summed E-state index contributed by atoms with van der Waals surface area (Å²) in [6.07, 6.45) is 0. The Hall–Kier alpha value is -1.98. The molecule has 0 aliphatic carbocycles. The van der Waals surface area contributed by atoms with E-state index in [1.165, 1.54) is 0 Å². The second-order valence-corrected chi connectivity index (χ2v) is 6.19. The Bertz CT molecular complexity index is 762. The molecule has 0 atom stereocenters. The molecule has 1 aromatic carbocycles. The molecule has 1 aromatic heterocycles. The quantitative estimate of drug-likeness (QED) is 0.942. The molecule has 1 heterocycles. The van der Waals surface area contributed by atoms with E-state index in [0.29, 0.717) is 5.69 Å². The number of hydrogen-bond donors (Lipinski definition) is 1. The van der Waals surface area contributed by atoms with Crippen molar-refractivity contribution < 1.29 is 12.8 Å². The third-order valence-corrected chi connectivity index (χ3v) is 4.55. The van der Waals surface area contributed by atoms with Crippen molar-refractivity contribution in [3.8, 4) is 6.07 Å². The third-order valence-electron chi connectivity index (χ3n) is 2.21. The smallest absolute Gasteiger partial charge is 0.255 e. The summed E-state index contributed by atoms with van der Waals surface area (Å²) in [5.74, 6) is -0.758. The molecular weight excluding hydrogens is 289 g/mol. The van der Waals surface area contributed by atoms with E-state index in [-0.39, 0.29) is 15.6 Å². The Balaban J connectivity index is 2.37. The summed E-state index contributed by atoms with van der Waals surface area (Å²) in [5, 5.41) is 10.6. The fourth-order valence-corrected chi connectivity index (χ4v) is 3.30. The summed E-state index contributed by atoms with van der Waals surface area (Å²) in [6, 6.07) is 4.62. The van der Waals surface area contributed by atoms with Gasteiger partial charge in [0.2, 0.25) is 0 Å². The van der Waals surface area contributed by atoms with Gasteiger partial charge in [0.25, 0.3) is 10.0 Å². The Labute approximate surface area is 113 Å². The average molecular weight is 297 g/mol. The standard InChI is InChI=1S/C11H8FN3O2S2/c1-7-6-18-11(14-7)15-19(16,17)9-2-3-10(12)8(4-9)5-13/h2-4,6H,1H3,(H,14,15). The van der Waals surface area contributed by atoms with Crippen molar-refractivity contribution >= 4 is 26.5 Å². The van der Waals surface area contributed by atoms with Gasteiger partial charge in [-0.3, -0.25) is 4.72 Å². The Morgan fingerprint density at radius 3 is 2.79 bits per heavy atom. The monoisotopic (exact) mass is 297 g/mol. The number of aryl methyl sites for hydroxylation is 1. The molecule has 0 aliphatic rings. The van der Waals surface area contributed by atoms with Gasteiger partial charge < -0.3 is 0 Å². The van der Waals surface area contributed by atoms with Crippen LogP contribution in [-0.2, 0) is 10.0 Å². The van der Waals surface area contributed by atoms with Gasteiger partial charge in [0.15, 0.2) is 5.13 Å². The summed E-state index contributed by atoms with van der Waals surface area (Å²) >= 11 is 1.14. The highest BCUT2D eigenvalue weighted by Crippen LogP contribution is 2.21. The fourth-order valence-electron chi connectivity index (χ4n) is 1.33. The Morgan fingerprint density at radius 2 is 2.21 bits per heavy atom. The molecule has 8 heteroatoms. The van der Waals surface area contributed by atoms with Crippen LogP contribution in [0.1, 0.15) is 11.3 Å². The Morgan fingerprint density at radius 1 is 1.47 bits per heavy atom. The van der Waals surface area contributed by atoms with Crippen molar-refractivity contribution in [2.75, 3.05) is 4.72 Å². The van der Waals surface area contributed by atoms with Crippen LogP contribution in [0.2, 0.25) is 0 Å². The number of thiazole rings is 1. The van der Waals surface area contributed by atoms with Gasteiger partial charge in [0, 0.05) is 5.38 Å². The van der Waals surface area contributed by atoms with Crippen LogP contribution in [0, 0.1) is 24.1 Å². The molecule has 0 bridgehead atoms. The van der Waals surface area contributed by atoms with E-state index >= 15 is 0 Å². The number of nitrogens with one attached hydrogen (secondary N) is 1. The molecule has 0 unspecified atom stereocenters. The molecule has 0 saturated heterocycles. The molecule has 2 rings (SSSR count). The van der Waals surface area contributed by atoms with E-state index in [0.717, 1.165) is 29.5 Å². The summed E-state index contributed by atoms with van der Waals surface area (Å²) in [4.78, 5) is 3.79. The lowest BCUT2D eigenvalue weighted by Gasteiger charge is -2.05. The van der Waals surface area contributed by atoms with E-state index in [9.17, 15) is 12.8 Å². The van der Waals surface area contributed by atoms with Crippen molar-refractivity contribution in [1.82, 2.24) is 4.98 Å². The van der Waals surface area contributed by atoms with Crippen molar-refractivity contribution in [1.29, 1.82) is 5.26 Å². The van der Waals surface area contributed by atoms with E-state index in [1.807, 2.05) is 0 Å². The van der Waals surface area contributed by atoms with Crippen LogP contribution in [0.4, 0.5) is 9.52 Å². The van der Waals surface area contributed by atoms with Crippen molar-refractivity contribution in [2.45, 2.75) is 11.8 Å². The first-order valence-electron chi connectivity index (χ1n) is 5.07. The molecular formula is C11H8FN3O2S2. The number of nitriles is 1. The minimum atomic E-state index is -3.87. The lowest BCUT2D eigenvalue weighted by Crippen LogP contribution is -2.13. The van der Waals surface area contributed by atoms with Crippen LogP contribution in [0.15, 0.2) is 28.5 Å². The maximum atomic E-state index is 13.1. The van der Waals surface area contributed by atoms with Gasteiger partial charge in [0.05, 0.1) is 16.2 Å². The van der Waals surface area contributed by atoms with Crippen molar-refractivity contribution in [3.63, 3.8) is 0 Å². The lowest BCUT2D eigenvalue weighted by atomic mass is 10.2. The SMILES string of the molecule is Cc1csc(NS(=O)(=O)c2ccc(F)c(C#N)c2)n1. The van der Waals surface area contributed by atoms with Crippen LogP contribution in [-0.4, -0.2) is 13.4 Å². The molecule has 0 amide bonds.